The number of ether oxygens (including phenoxy) is 1. The summed E-state index contributed by atoms with van der Waals surface area (Å²) in [6.45, 7) is 4.94. The fraction of sp³-hybridized carbons (Fsp3) is 1.00. The van der Waals surface area contributed by atoms with Crippen molar-refractivity contribution in [1.29, 1.82) is 0 Å². The van der Waals surface area contributed by atoms with Crippen LogP contribution in [0.25, 0.3) is 0 Å². The molecule has 0 rings (SSSR count). The second-order valence-corrected chi connectivity index (χ2v) is 3.55. The van der Waals surface area contributed by atoms with E-state index in [1.54, 1.807) is 13.8 Å². The lowest BCUT2D eigenvalue weighted by Gasteiger charge is -2.24. The molecular formula is C8H16F3NO. The number of alkyl halides is 3. The minimum Gasteiger partial charge on any atom is -0.367 e. The molecule has 0 saturated heterocycles. The molecule has 0 aliphatic rings. The van der Waals surface area contributed by atoms with Crippen LogP contribution in [0, 0.1) is 5.92 Å². The highest BCUT2D eigenvalue weighted by Crippen LogP contribution is 2.25. The van der Waals surface area contributed by atoms with Gasteiger partial charge in [-0.15, -0.1) is 0 Å². The summed E-state index contributed by atoms with van der Waals surface area (Å²) >= 11 is 0. The Morgan fingerprint density at radius 2 is 1.69 bits per heavy atom. The smallest absolute Gasteiger partial charge is 0.367 e. The first kappa shape index (κ1) is 12.7. The van der Waals surface area contributed by atoms with Crippen LogP contribution in [-0.4, -0.2) is 24.9 Å². The van der Waals surface area contributed by atoms with Crippen molar-refractivity contribution in [1.82, 2.24) is 0 Å². The summed E-state index contributed by atoms with van der Waals surface area (Å²) in [6.07, 6.45) is -6.22. The van der Waals surface area contributed by atoms with Gasteiger partial charge in [0.1, 0.15) is 0 Å². The number of hydrogen-bond acceptors (Lipinski definition) is 2. The predicted octanol–water partition coefficient (Wildman–Crippen LogP) is 1.94. The lowest BCUT2D eigenvalue weighted by atomic mass is 10.2. The van der Waals surface area contributed by atoms with Gasteiger partial charge in [0, 0.05) is 12.6 Å². The van der Waals surface area contributed by atoms with Gasteiger partial charge >= 0.3 is 6.18 Å². The van der Waals surface area contributed by atoms with E-state index in [9.17, 15) is 13.2 Å². The van der Waals surface area contributed by atoms with Crippen LogP contribution in [0.4, 0.5) is 13.2 Å². The molecule has 2 unspecified atom stereocenters. The van der Waals surface area contributed by atoms with Crippen molar-refractivity contribution in [2.45, 2.75) is 39.1 Å². The molecule has 0 spiro atoms. The van der Waals surface area contributed by atoms with E-state index in [0.29, 0.717) is 0 Å². The molecule has 5 heteroatoms. The van der Waals surface area contributed by atoms with Gasteiger partial charge in [0.25, 0.3) is 0 Å². The van der Waals surface area contributed by atoms with Gasteiger partial charge in [-0.2, -0.15) is 13.2 Å². The minimum absolute atomic E-state index is 0.0728. The van der Waals surface area contributed by atoms with Gasteiger partial charge in [0.2, 0.25) is 0 Å². The molecule has 0 aromatic rings. The van der Waals surface area contributed by atoms with E-state index < -0.39 is 18.3 Å². The third kappa shape index (κ3) is 5.10. The fourth-order valence-corrected chi connectivity index (χ4v) is 0.840. The molecule has 80 valence electrons. The van der Waals surface area contributed by atoms with Crippen LogP contribution in [0.15, 0.2) is 0 Å². The normalized spacial score (nSPS) is 17.5. The molecule has 0 aromatic carbocycles. The van der Waals surface area contributed by atoms with Gasteiger partial charge in [-0.1, -0.05) is 13.8 Å². The molecule has 0 fully saturated rings. The molecule has 13 heavy (non-hydrogen) atoms. The van der Waals surface area contributed by atoms with Crippen molar-refractivity contribution in [2.75, 3.05) is 6.61 Å². The Morgan fingerprint density at radius 1 is 1.23 bits per heavy atom. The molecule has 2 N–H and O–H groups in total. The third-order valence-corrected chi connectivity index (χ3v) is 1.41. The van der Waals surface area contributed by atoms with E-state index in [4.69, 9.17) is 5.73 Å². The van der Waals surface area contributed by atoms with Gasteiger partial charge in [0.15, 0.2) is 6.10 Å². The van der Waals surface area contributed by atoms with Crippen LogP contribution in [-0.2, 0) is 4.74 Å². The first-order valence-corrected chi connectivity index (χ1v) is 4.19. The van der Waals surface area contributed by atoms with Gasteiger partial charge < -0.3 is 10.5 Å². The quantitative estimate of drug-likeness (QED) is 0.750. The zero-order valence-electron chi connectivity index (χ0n) is 8.06. The summed E-state index contributed by atoms with van der Waals surface area (Å²) in [7, 11) is 0. The molecule has 0 aromatic heterocycles. The Bertz CT molecular complexity index is 145. The summed E-state index contributed by atoms with van der Waals surface area (Å²) in [5.74, 6) is 0.0728. The Kier molecular flexibility index (Phi) is 4.70. The van der Waals surface area contributed by atoms with E-state index in [0.717, 1.165) is 0 Å². The Hall–Kier alpha value is -0.290. The molecule has 0 aliphatic heterocycles. The summed E-state index contributed by atoms with van der Waals surface area (Å²) in [6, 6.07) is -1.03. The van der Waals surface area contributed by atoms with Crippen LogP contribution in [0.5, 0.6) is 0 Å². The maximum absolute atomic E-state index is 12.2. The highest BCUT2D eigenvalue weighted by molar-refractivity contribution is 4.76. The number of hydrogen-bond donors (Lipinski definition) is 1. The van der Waals surface area contributed by atoms with Crippen molar-refractivity contribution in [2.24, 2.45) is 11.7 Å². The first-order valence-electron chi connectivity index (χ1n) is 4.19. The van der Waals surface area contributed by atoms with Crippen molar-refractivity contribution >= 4 is 0 Å². The zero-order valence-corrected chi connectivity index (χ0v) is 8.06. The van der Waals surface area contributed by atoms with Crippen LogP contribution in [0.1, 0.15) is 20.8 Å². The molecular weight excluding hydrogens is 183 g/mol. The molecule has 0 bridgehead atoms. The van der Waals surface area contributed by atoms with E-state index in [-0.39, 0.29) is 12.5 Å². The van der Waals surface area contributed by atoms with Crippen molar-refractivity contribution in [3.8, 4) is 0 Å². The van der Waals surface area contributed by atoms with Crippen LogP contribution >= 0.6 is 0 Å². The first-order chi connectivity index (χ1) is 5.75. The van der Waals surface area contributed by atoms with Gasteiger partial charge in [0.05, 0.1) is 0 Å². The second-order valence-electron chi connectivity index (χ2n) is 3.55. The minimum atomic E-state index is -4.37. The largest absolute Gasteiger partial charge is 0.416 e. The second kappa shape index (κ2) is 4.81. The molecule has 0 radical (unpaired) electrons. The Morgan fingerprint density at radius 3 is 1.92 bits per heavy atom. The van der Waals surface area contributed by atoms with E-state index in [1.165, 1.54) is 6.92 Å². The SMILES string of the molecule is CC(C)COC(C(C)N)C(F)(F)F. The molecule has 2 nitrogen and oxygen atoms in total. The summed E-state index contributed by atoms with van der Waals surface area (Å²) < 4.78 is 41.3. The summed E-state index contributed by atoms with van der Waals surface area (Å²) in [4.78, 5) is 0. The Balaban J connectivity index is 4.12. The average molecular weight is 199 g/mol. The predicted molar refractivity (Wildman–Crippen MR) is 44.3 cm³/mol. The maximum atomic E-state index is 12.2. The van der Waals surface area contributed by atoms with Crippen LogP contribution in [0.3, 0.4) is 0 Å². The summed E-state index contributed by atoms with van der Waals surface area (Å²) in [5.41, 5.74) is 5.16. The monoisotopic (exact) mass is 199 g/mol. The summed E-state index contributed by atoms with van der Waals surface area (Å²) in [5, 5.41) is 0. The molecule has 0 heterocycles. The standard InChI is InChI=1S/C8H16F3NO/c1-5(2)4-13-7(6(3)12)8(9,10)11/h5-7H,4,12H2,1-3H3. The molecule has 0 saturated carbocycles. The van der Waals surface area contributed by atoms with Gasteiger partial charge in [-0.25, -0.2) is 0 Å². The molecule has 0 aliphatic carbocycles. The average Bonchev–Trinajstić information content (AvgIpc) is 1.81. The highest BCUT2D eigenvalue weighted by Gasteiger charge is 2.43. The lowest BCUT2D eigenvalue weighted by Crippen LogP contribution is -2.45. The van der Waals surface area contributed by atoms with E-state index in [1.807, 2.05) is 0 Å². The number of nitrogens with two attached hydrogens (primary N) is 1. The maximum Gasteiger partial charge on any atom is 0.416 e. The molecule has 0 amide bonds. The van der Waals surface area contributed by atoms with Crippen LogP contribution in [0.2, 0.25) is 0 Å². The highest BCUT2D eigenvalue weighted by atomic mass is 19.4. The van der Waals surface area contributed by atoms with Crippen LogP contribution < -0.4 is 5.73 Å². The topological polar surface area (TPSA) is 35.2 Å². The van der Waals surface area contributed by atoms with Crippen molar-refractivity contribution < 1.29 is 17.9 Å². The fourth-order valence-electron chi connectivity index (χ4n) is 0.840. The van der Waals surface area contributed by atoms with E-state index >= 15 is 0 Å². The van der Waals surface area contributed by atoms with E-state index in [2.05, 4.69) is 4.74 Å². The third-order valence-electron chi connectivity index (χ3n) is 1.41. The van der Waals surface area contributed by atoms with Gasteiger partial charge in [-0.3, -0.25) is 0 Å². The molecule has 2 atom stereocenters. The number of rotatable bonds is 4. The number of halogens is 3. The lowest BCUT2D eigenvalue weighted by molar-refractivity contribution is -0.227. The van der Waals surface area contributed by atoms with Gasteiger partial charge in [-0.05, 0) is 12.8 Å². The Labute approximate surface area is 76.2 Å². The van der Waals surface area contributed by atoms with Crippen molar-refractivity contribution in [3.63, 3.8) is 0 Å². The zero-order chi connectivity index (χ0) is 10.6. The van der Waals surface area contributed by atoms with Crippen molar-refractivity contribution in [3.05, 3.63) is 0 Å².